The summed E-state index contributed by atoms with van der Waals surface area (Å²) in [6.07, 6.45) is 0.229. The van der Waals surface area contributed by atoms with Crippen molar-refractivity contribution in [1.82, 2.24) is 14.8 Å². The van der Waals surface area contributed by atoms with Gasteiger partial charge in [0.15, 0.2) is 11.6 Å². The summed E-state index contributed by atoms with van der Waals surface area (Å²) in [5.41, 5.74) is -0.324. The number of nitrogens with zero attached hydrogens (tertiary/aromatic N) is 3. The maximum atomic E-state index is 15.0. The third kappa shape index (κ3) is 6.01. The van der Waals surface area contributed by atoms with Crippen LogP contribution in [-0.2, 0) is 14.8 Å². The molecule has 16 heteroatoms. The lowest BCUT2D eigenvalue weighted by atomic mass is 9.95. The van der Waals surface area contributed by atoms with Crippen LogP contribution in [0, 0.1) is 23.5 Å². The van der Waals surface area contributed by atoms with Crippen molar-refractivity contribution in [1.29, 1.82) is 0 Å². The second-order valence-corrected chi connectivity index (χ2v) is 12.8. The second kappa shape index (κ2) is 10.8. The maximum Gasteiger partial charge on any atom is 0.407 e. The van der Waals surface area contributed by atoms with E-state index in [4.69, 9.17) is 28.3 Å². The van der Waals surface area contributed by atoms with Gasteiger partial charge in [-0.2, -0.15) is 0 Å². The van der Waals surface area contributed by atoms with Crippen molar-refractivity contribution in [3.63, 3.8) is 0 Å². The van der Waals surface area contributed by atoms with Crippen LogP contribution in [0.2, 0.25) is 10.2 Å². The van der Waals surface area contributed by atoms with Crippen molar-refractivity contribution in [2.75, 3.05) is 25.0 Å². The molecule has 0 saturated carbocycles. The van der Waals surface area contributed by atoms with Crippen LogP contribution in [0.5, 0.6) is 0 Å². The Morgan fingerprint density at radius 3 is 2.39 bits per heavy atom. The van der Waals surface area contributed by atoms with Crippen LogP contribution in [0.25, 0.3) is 0 Å². The number of benzene rings is 1. The highest BCUT2D eigenvalue weighted by Crippen LogP contribution is 2.38. The van der Waals surface area contributed by atoms with E-state index < -0.39 is 61.5 Å². The van der Waals surface area contributed by atoms with E-state index in [0.717, 1.165) is 15.9 Å². The van der Waals surface area contributed by atoms with Crippen molar-refractivity contribution in [2.24, 2.45) is 10.6 Å². The van der Waals surface area contributed by atoms with Crippen molar-refractivity contribution < 1.29 is 36.7 Å². The zero-order valence-corrected chi connectivity index (χ0v) is 24.2. The average molecular weight is 631 g/mol. The number of nitrogens with one attached hydrogen (secondary N) is 1. The average Bonchev–Trinajstić information content (AvgIpc) is 3.41. The molecule has 1 radical (unpaired) electrons. The van der Waals surface area contributed by atoms with Crippen molar-refractivity contribution >= 4 is 56.8 Å². The zero-order chi connectivity index (χ0) is 30.6. The molecule has 11 nitrogen and oxygen atoms in total. The van der Waals surface area contributed by atoms with E-state index in [0.29, 0.717) is 17.2 Å². The topological polar surface area (TPSA) is 163 Å². The van der Waals surface area contributed by atoms with Gasteiger partial charge in [-0.05, 0) is 29.3 Å². The van der Waals surface area contributed by atoms with Crippen LogP contribution in [0.3, 0.4) is 0 Å². The SMILES string of the molecule is CC(C)(C)C(=O)Nc1cc(Cl)c(Cl)nc1[CH]C1C2=C(CN(C(=O)O)C2)CN1C(=O)c1ccc(S(N)(=O)=O)c(F)c1F. The Morgan fingerprint density at radius 2 is 1.80 bits per heavy atom. The lowest BCUT2D eigenvalue weighted by Gasteiger charge is -2.30. The fourth-order valence-corrected chi connectivity index (χ4v) is 5.31. The van der Waals surface area contributed by atoms with Crippen molar-refractivity contribution in [3.8, 4) is 0 Å². The highest BCUT2D eigenvalue weighted by molar-refractivity contribution is 7.89. The third-order valence-electron chi connectivity index (χ3n) is 6.57. The first-order chi connectivity index (χ1) is 18.9. The number of anilines is 1. The monoisotopic (exact) mass is 630 g/mol. The number of sulfonamides is 1. The minimum atomic E-state index is -4.61. The highest BCUT2D eigenvalue weighted by atomic mass is 35.5. The van der Waals surface area contributed by atoms with E-state index in [-0.39, 0.29) is 41.2 Å². The van der Waals surface area contributed by atoms with Crippen LogP contribution >= 0.6 is 23.2 Å². The van der Waals surface area contributed by atoms with E-state index in [9.17, 15) is 36.7 Å². The molecule has 4 N–H and O–H groups in total. The first-order valence-corrected chi connectivity index (χ1v) is 14.2. The Morgan fingerprint density at radius 1 is 1.15 bits per heavy atom. The Balaban J connectivity index is 1.76. The number of primary sulfonamides is 1. The summed E-state index contributed by atoms with van der Waals surface area (Å²) < 4.78 is 52.8. The first kappa shape index (κ1) is 30.6. The molecule has 0 fully saturated rings. The number of carbonyl (C=O) groups is 3. The lowest BCUT2D eigenvalue weighted by Crippen LogP contribution is -2.42. The van der Waals surface area contributed by atoms with Gasteiger partial charge in [-0.1, -0.05) is 44.0 Å². The number of pyridine rings is 1. The van der Waals surface area contributed by atoms with Crippen LogP contribution in [0.1, 0.15) is 36.8 Å². The molecule has 1 aromatic carbocycles. The predicted molar refractivity (Wildman–Crippen MR) is 145 cm³/mol. The number of amides is 3. The molecule has 0 aliphatic carbocycles. The van der Waals surface area contributed by atoms with Crippen LogP contribution < -0.4 is 10.5 Å². The molecule has 4 rings (SSSR count). The number of rotatable bonds is 5. The maximum absolute atomic E-state index is 15.0. The zero-order valence-electron chi connectivity index (χ0n) is 21.8. The minimum Gasteiger partial charge on any atom is -0.465 e. The Bertz CT molecular complexity index is 1630. The predicted octanol–water partition coefficient (Wildman–Crippen LogP) is 3.67. The van der Waals surface area contributed by atoms with Crippen LogP contribution in [0.15, 0.2) is 34.2 Å². The van der Waals surface area contributed by atoms with E-state index in [1.54, 1.807) is 20.8 Å². The molecule has 1 atom stereocenters. The number of carboxylic acid groups (broad SMARTS) is 1. The van der Waals surface area contributed by atoms with Gasteiger partial charge in [0.2, 0.25) is 15.9 Å². The van der Waals surface area contributed by atoms with Crippen LogP contribution in [-0.4, -0.2) is 71.9 Å². The number of halogens is 4. The molecule has 2 aromatic rings. The summed E-state index contributed by atoms with van der Waals surface area (Å²) in [6.45, 7) is 4.75. The number of aromatic nitrogens is 1. The van der Waals surface area contributed by atoms with Gasteiger partial charge in [0.25, 0.3) is 5.91 Å². The minimum absolute atomic E-state index is 0.0256. The molecule has 1 aromatic heterocycles. The molecule has 1 unspecified atom stereocenters. The van der Waals surface area contributed by atoms with Crippen LogP contribution in [0.4, 0.5) is 19.3 Å². The van der Waals surface area contributed by atoms with Gasteiger partial charge in [-0.25, -0.2) is 32.1 Å². The van der Waals surface area contributed by atoms with Gasteiger partial charge in [-0.15, -0.1) is 0 Å². The number of nitrogens with two attached hydrogens (primary N) is 1. The normalized spacial score (nSPS) is 17.2. The molecule has 0 spiro atoms. The quantitative estimate of drug-likeness (QED) is 0.335. The number of carbonyl (C=O) groups excluding carboxylic acids is 2. The Labute approximate surface area is 244 Å². The van der Waals surface area contributed by atoms with Gasteiger partial charge < -0.3 is 20.2 Å². The second-order valence-electron chi connectivity index (χ2n) is 10.5. The summed E-state index contributed by atoms with van der Waals surface area (Å²) in [7, 11) is -4.61. The standard InChI is InChI=1S/C25H24Cl2F2N5O6S/c1-25(2,3)23(36)32-15-6-14(26)21(27)31-16(15)7-17-13-10-33(24(37)38)8-11(13)9-34(17)22(35)12-4-5-18(41(30,39)40)20(29)19(12)28/h4-7,17H,8-10H2,1-3H3,(H,32,36)(H,37,38)(H2,30,39,40). The van der Waals surface area contributed by atoms with E-state index in [2.05, 4.69) is 10.3 Å². The molecule has 0 bridgehead atoms. The van der Waals surface area contributed by atoms with Gasteiger partial charge in [0, 0.05) is 31.5 Å². The van der Waals surface area contributed by atoms with Gasteiger partial charge in [0.05, 0.1) is 28.0 Å². The Hall–Kier alpha value is -3.33. The fourth-order valence-electron chi connectivity index (χ4n) is 4.41. The first-order valence-electron chi connectivity index (χ1n) is 11.9. The molecule has 3 heterocycles. The molecule has 2 aliphatic rings. The Kier molecular flexibility index (Phi) is 8.08. The molecule has 0 saturated heterocycles. The molecule has 219 valence electrons. The summed E-state index contributed by atoms with van der Waals surface area (Å²) in [5.74, 6) is -4.93. The van der Waals surface area contributed by atoms with E-state index >= 15 is 0 Å². The van der Waals surface area contributed by atoms with E-state index in [1.807, 2.05) is 0 Å². The molecular weight excluding hydrogens is 607 g/mol. The molecular formula is C25H24Cl2F2N5O6S. The van der Waals surface area contributed by atoms with Crippen molar-refractivity contribution in [3.05, 3.63) is 68.8 Å². The summed E-state index contributed by atoms with van der Waals surface area (Å²) >= 11 is 12.3. The largest absolute Gasteiger partial charge is 0.465 e. The summed E-state index contributed by atoms with van der Waals surface area (Å²) in [4.78, 5) is 43.3. The number of hydrogen-bond acceptors (Lipinski definition) is 6. The summed E-state index contributed by atoms with van der Waals surface area (Å²) in [5, 5.41) is 17.1. The highest BCUT2D eigenvalue weighted by Gasteiger charge is 2.43. The molecule has 41 heavy (non-hydrogen) atoms. The van der Waals surface area contributed by atoms with Crippen molar-refractivity contribution in [2.45, 2.75) is 31.7 Å². The molecule has 3 amide bonds. The van der Waals surface area contributed by atoms with Gasteiger partial charge in [0.1, 0.15) is 10.0 Å². The number of hydrogen-bond donors (Lipinski definition) is 3. The lowest BCUT2D eigenvalue weighted by molar-refractivity contribution is -0.123. The van der Waals surface area contributed by atoms with Gasteiger partial charge in [-0.3, -0.25) is 9.59 Å². The summed E-state index contributed by atoms with van der Waals surface area (Å²) in [6, 6.07) is 1.82. The third-order valence-corrected chi connectivity index (χ3v) is 8.18. The van der Waals surface area contributed by atoms with Gasteiger partial charge >= 0.3 is 6.09 Å². The smallest absolute Gasteiger partial charge is 0.407 e. The molecule has 2 aliphatic heterocycles. The fraction of sp³-hybridized carbons (Fsp3) is 0.320. The van der Waals surface area contributed by atoms with E-state index in [1.165, 1.54) is 12.5 Å².